The number of nitrogens with zero attached hydrogens (tertiary/aromatic N) is 2. The third-order valence-corrected chi connectivity index (χ3v) is 5.33. The molecule has 0 spiro atoms. The number of carbonyl (C=O) groups is 3. The summed E-state index contributed by atoms with van der Waals surface area (Å²) in [6.45, 7) is 1.95. The second-order valence-corrected chi connectivity index (χ2v) is 7.02. The molecule has 0 bridgehead atoms. The van der Waals surface area contributed by atoms with E-state index in [4.69, 9.17) is 4.74 Å². The van der Waals surface area contributed by atoms with Gasteiger partial charge in [0.1, 0.15) is 10.6 Å². The maximum atomic E-state index is 12.5. The van der Waals surface area contributed by atoms with E-state index in [9.17, 15) is 14.4 Å². The molecule has 1 aromatic heterocycles. The zero-order chi connectivity index (χ0) is 19.6. The number of amides is 2. The normalized spacial score (nSPS) is 16.3. The third-order valence-electron chi connectivity index (χ3n) is 4.28. The second-order valence-electron chi connectivity index (χ2n) is 6.02. The summed E-state index contributed by atoms with van der Waals surface area (Å²) in [4.78, 5) is 42.6. The molecule has 1 unspecified atom stereocenters. The molecular weight excluding hydrogens is 370 g/mol. The average Bonchev–Trinajstić information content (AvgIpc) is 3.23. The van der Waals surface area contributed by atoms with Crippen LogP contribution in [0, 0.1) is 12.8 Å². The molecule has 3 rings (SSSR count). The number of benzene rings is 1. The Morgan fingerprint density at radius 3 is 2.59 bits per heavy atom. The maximum absolute atomic E-state index is 12.5. The van der Waals surface area contributed by atoms with E-state index in [-0.39, 0.29) is 24.8 Å². The van der Waals surface area contributed by atoms with Crippen LogP contribution in [-0.4, -0.2) is 43.5 Å². The first kappa shape index (κ1) is 18.8. The average molecular weight is 389 g/mol. The highest BCUT2D eigenvalue weighted by Gasteiger charge is 2.35. The monoisotopic (exact) mass is 389 g/mol. The summed E-state index contributed by atoms with van der Waals surface area (Å²) in [5.74, 6) is -0.715. The Bertz CT molecular complexity index is 878. The number of aryl methyl sites for hydroxylation is 1. The Morgan fingerprint density at radius 2 is 1.96 bits per heavy atom. The van der Waals surface area contributed by atoms with E-state index in [2.05, 4.69) is 15.0 Å². The third kappa shape index (κ3) is 3.92. The van der Waals surface area contributed by atoms with Gasteiger partial charge in [0.25, 0.3) is 0 Å². The van der Waals surface area contributed by atoms with Gasteiger partial charge in [0, 0.05) is 18.7 Å². The van der Waals surface area contributed by atoms with Crippen LogP contribution < -0.4 is 15.0 Å². The molecule has 8 nitrogen and oxygen atoms in total. The zero-order valence-electron chi connectivity index (χ0n) is 15.1. The maximum Gasteiger partial charge on any atom is 0.350 e. The largest absolute Gasteiger partial charge is 0.497 e. The number of methoxy groups -OCH3 is 2. The molecule has 2 amide bonds. The Hall–Kier alpha value is -2.94. The highest BCUT2D eigenvalue weighted by Crippen LogP contribution is 2.29. The predicted molar refractivity (Wildman–Crippen MR) is 100 cm³/mol. The van der Waals surface area contributed by atoms with Gasteiger partial charge in [0.2, 0.25) is 11.8 Å². The van der Waals surface area contributed by atoms with Crippen LogP contribution in [0.25, 0.3) is 0 Å². The van der Waals surface area contributed by atoms with Crippen LogP contribution >= 0.6 is 11.3 Å². The summed E-state index contributed by atoms with van der Waals surface area (Å²) >= 11 is 1.05. The number of aromatic nitrogens is 1. The SMILES string of the molecule is COC(=O)c1sc(NC(=O)C2CC(=O)N(c3ccc(OC)cc3)C2)nc1C. The molecule has 1 fully saturated rings. The van der Waals surface area contributed by atoms with Crippen molar-refractivity contribution in [2.75, 3.05) is 31.0 Å². The molecule has 1 aliphatic rings. The van der Waals surface area contributed by atoms with E-state index in [0.717, 1.165) is 11.3 Å². The summed E-state index contributed by atoms with van der Waals surface area (Å²) in [6, 6.07) is 7.10. The van der Waals surface area contributed by atoms with Gasteiger partial charge < -0.3 is 19.7 Å². The van der Waals surface area contributed by atoms with E-state index in [1.54, 1.807) is 43.2 Å². The zero-order valence-corrected chi connectivity index (χ0v) is 16.0. The molecule has 1 saturated heterocycles. The lowest BCUT2D eigenvalue weighted by molar-refractivity contribution is -0.122. The van der Waals surface area contributed by atoms with Crippen molar-refractivity contribution < 1.29 is 23.9 Å². The van der Waals surface area contributed by atoms with Crippen molar-refractivity contribution in [1.82, 2.24) is 4.98 Å². The standard InChI is InChI=1S/C18H19N3O5S/c1-10-15(17(24)26-3)27-18(19-10)20-16(23)11-8-14(22)21(9-11)12-4-6-13(25-2)7-5-12/h4-7,11H,8-9H2,1-3H3,(H,19,20,23). The lowest BCUT2D eigenvalue weighted by Gasteiger charge is -2.16. The first-order chi connectivity index (χ1) is 12.9. The van der Waals surface area contributed by atoms with E-state index in [0.29, 0.717) is 27.1 Å². The number of carbonyl (C=O) groups excluding carboxylic acids is 3. The van der Waals surface area contributed by atoms with Crippen LogP contribution in [0.3, 0.4) is 0 Å². The van der Waals surface area contributed by atoms with Crippen molar-refractivity contribution in [3.8, 4) is 5.75 Å². The molecule has 1 atom stereocenters. The number of ether oxygens (including phenoxy) is 2. The number of hydrogen-bond acceptors (Lipinski definition) is 7. The molecule has 27 heavy (non-hydrogen) atoms. The first-order valence-electron chi connectivity index (χ1n) is 8.24. The minimum Gasteiger partial charge on any atom is -0.497 e. The fourth-order valence-corrected chi connectivity index (χ4v) is 3.72. The van der Waals surface area contributed by atoms with Crippen LogP contribution in [0.5, 0.6) is 5.75 Å². The summed E-state index contributed by atoms with van der Waals surface area (Å²) in [6.07, 6.45) is 0.117. The molecular formula is C18H19N3O5S. The first-order valence-corrected chi connectivity index (χ1v) is 9.05. The van der Waals surface area contributed by atoms with Crippen molar-refractivity contribution in [2.45, 2.75) is 13.3 Å². The minimum absolute atomic E-state index is 0.117. The summed E-state index contributed by atoms with van der Waals surface area (Å²) in [5.41, 5.74) is 1.21. The van der Waals surface area contributed by atoms with Gasteiger partial charge >= 0.3 is 5.97 Å². The van der Waals surface area contributed by atoms with Crippen molar-refractivity contribution in [1.29, 1.82) is 0 Å². The predicted octanol–water partition coefficient (Wildman–Crippen LogP) is 2.24. The molecule has 0 saturated carbocycles. The second kappa shape index (κ2) is 7.75. The lowest BCUT2D eigenvalue weighted by Crippen LogP contribution is -2.28. The number of nitrogens with one attached hydrogen (secondary N) is 1. The van der Waals surface area contributed by atoms with Gasteiger partial charge in [-0.25, -0.2) is 9.78 Å². The lowest BCUT2D eigenvalue weighted by atomic mass is 10.1. The van der Waals surface area contributed by atoms with Crippen molar-refractivity contribution in [2.24, 2.45) is 5.92 Å². The number of anilines is 2. The Morgan fingerprint density at radius 1 is 1.26 bits per heavy atom. The number of thiazole rings is 1. The van der Waals surface area contributed by atoms with Crippen molar-refractivity contribution in [3.05, 3.63) is 34.8 Å². The smallest absolute Gasteiger partial charge is 0.350 e. The van der Waals surface area contributed by atoms with Crippen LogP contribution in [0.4, 0.5) is 10.8 Å². The molecule has 0 radical (unpaired) electrons. The molecule has 1 aliphatic heterocycles. The van der Waals surface area contributed by atoms with Gasteiger partial charge in [-0.05, 0) is 31.2 Å². The molecule has 2 aromatic rings. The van der Waals surface area contributed by atoms with Gasteiger partial charge in [0.15, 0.2) is 5.13 Å². The van der Waals surface area contributed by atoms with Gasteiger partial charge in [-0.3, -0.25) is 9.59 Å². The summed E-state index contributed by atoms with van der Waals surface area (Å²) in [7, 11) is 2.86. The van der Waals surface area contributed by atoms with Gasteiger partial charge in [-0.1, -0.05) is 11.3 Å². The van der Waals surface area contributed by atoms with Crippen LogP contribution in [0.15, 0.2) is 24.3 Å². The van der Waals surface area contributed by atoms with Crippen LogP contribution in [0.2, 0.25) is 0 Å². The van der Waals surface area contributed by atoms with E-state index in [1.807, 2.05) is 0 Å². The van der Waals surface area contributed by atoms with Gasteiger partial charge in [-0.2, -0.15) is 0 Å². The molecule has 2 heterocycles. The molecule has 0 aliphatic carbocycles. The number of rotatable bonds is 5. The van der Waals surface area contributed by atoms with Gasteiger partial charge in [0.05, 0.1) is 25.8 Å². The Balaban J connectivity index is 1.67. The summed E-state index contributed by atoms with van der Waals surface area (Å²) in [5, 5.41) is 3.01. The topological polar surface area (TPSA) is 97.8 Å². The van der Waals surface area contributed by atoms with Crippen LogP contribution in [-0.2, 0) is 14.3 Å². The highest BCUT2D eigenvalue weighted by molar-refractivity contribution is 7.17. The quantitative estimate of drug-likeness (QED) is 0.788. The van der Waals surface area contributed by atoms with Gasteiger partial charge in [-0.15, -0.1) is 0 Å². The fraction of sp³-hybridized carbons (Fsp3) is 0.333. The fourth-order valence-electron chi connectivity index (χ4n) is 2.83. The number of hydrogen-bond donors (Lipinski definition) is 1. The highest BCUT2D eigenvalue weighted by atomic mass is 32.1. The summed E-state index contributed by atoms with van der Waals surface area (Å²) < 4.78 is 9.80. The Labute approximate surface area is 160 Å². The molecule has 142 valence electrons. The van der Waals surface area contributed by atoms with E-state index >= 15 is 0 Å². The molecule has 9 heteroatoms. The van der Waals surface area contributed by atoms with Crippen LogP contribution in [0.1, 0.15) is 21.8 Å². The van der Waals surface area contributed by atoms with E-state index in [1.165, 1.54) is 7.11 Å². The Kier molecular flexibility index (Phi) is 5.41. The van der Waals surface area contributed by atoms with Crippen molar-refractivity contribution in [3.63, 3.8) is 0 Å². The molecule has 1 N–H and O–H groups in total. The van der Waals surface area contributed by atoms with Crippen molar-refractivity contribution >= 4 is 39.9 Å². The number of esters is 1. The molecule has 1 aromatic carbocycles. The van der Waals surface area contributed by atoms with E-state index < -0.39 is 11.9 Å². The minimum atomic E-state index is -0.495.